The topological polar surface area (TPSA) is 88.1 Å². The molecule has 0 radical (unpaired) electrons. The van der Waals surface area contributed by atoms with Crippen LogP contribution in [0.3, 0.4) is 0 Å². The predicted molar refractivity (Wildman–Crippen MR) is 111 cm³/mol. The van der Waals surface area contributed by atoms with Crippen LogP contribution in [0.2, 0.25) is 0 Å². The summed E-state index contributed by atoms with van der Waals surface area (Å²) in [6.07, 6.45) is 1.15. The average molecular weight is 410 g/mol. The Kier molecular flexibility index (Phi) is 6.13. The average Bonchev–Trinajstić information content (AvgIpc) is 2.82. The number of hydrogen-bond acceptors (Lipinski definition) is 6. The fourth-order valence-corrected chi connectivity index (χ4v) is 4.41. The first kappa shape index (κ1) is 21.6. The summed E-state index contributed by atoms with van der Waals surface area (Å²) in [7, 11) is -3.90. The van der Waals surface area contributed by atoms with Crippen LogP contribution in [0, 0.1) is 0 Å². The van der Waals surface area contributed by atoms with Gasteiger partial charge in [-0.05, 0) is 58.1 Å². The fraction of sp³-hybridized carbons (Fsp3) is 0.684. The van der Waals surface area contributed by atoms with Crippen LogP contribution in [0.1, 0.15) is 40.5 Å². The number of sulfonamides is 1. The molecule has 1 aromatic rings. The molecule has 0 spiro atoms. The number of hydrogen-bond donors (Lipinski definition) is 2. The Labute approximate surface area is 168 Å². The van der Waals surface area contributed by atoms with E-state index in [0.29, 0.717) is 25.1 Å². The van der Waals surface area contributed by atoms with Gasteiger partial charge in [-0.15, -0.1) is 0 Å². The van der Waals surface area contributed by atoms with E-state index in [0.717, 1.165) is 18.6 Å². The third-order valence-corrected chi connectivity index (χ3v) is 7.21. The van der Waals surface area contributed by atoms with E-state index < -0.39 is 28.3 Å². The molecule has 2 N–H and O–H groups in total. The van der Waals surface area contributed by atoms with E-state index in [1.807, 2.05) is 39.8 Å². The van der Waals surface area contributed by atoms with Crippen molar-refractivity contribution in [1.29, 1.82) is 0 Å². The van der Waals surface area contributed by atoms with Gasteiger partial charge in [0.25, 0.3) is 0 Å². The van der Waals surface area contributed by atoms with Gasteiger partial charge >= 0.3 is 7.12 Å². The summed E-state index contributed by atoms with van der Waals surface area (Å²) in [5, 5.41) is 9.53. The molecule has 7 nitrogen and oxygen atoms in total. The number of piperidine rings is 1. The van der Waals surface area contributed by atoms with Crippen LogP contribution in [0.5, 0.6) is 0 Å². The van der Waals surface area contributed by atoms with Crippen LogP contribution in [-0.4, -0.2) is 68.2 Å². The second-order valence-electron chi connectivity index (χ2n) is 8.70. The summed E-state index contributed by atoms with van der Waals surface area (Å²) < 4.78 is 39.4. The number of benzene rings is 1. The molecule has 1 aromatic carbocycles. The van der Waals surface area contributed by atoms with Gasteiger partial charge in [0.05, 0.1) is 23.1 Å². The van der Waals surface area contributed by atoms with Gasteiger partial charge in [-0.25, -0.2) is 8.42 Å². The standard InChI is InChI=1S/C19H31BN2O5S/c1-18(2)19(3,4)27-20(26-18)15-5-7-16(8-6-15)21-28(24,25)14-13-22-11-9-17(23)10-12-22/h5-8,17,21,23H,9-14H2,1-4H3. The first-order valence-corrected chi connectivity index (χ1v) is 11.5. The van der Waals surface area contributed by atoms with Crippen LogP contribution < -0.4 is 10.2 Å². The van der Waals surface area contributed by atoms with Crippen molar-refractivity contribution in [2.45, 2.75) is 57.8 Å². The lowest BCUT2D eigenvalue weighted by Gasteiger charge is -2.32. The van der Waals surface area contributed by atoms with Gasteiger partial charge in [-0.2, -0.15) is 0 Å². The summed E-state index contributed by atoms with van der Waals surface area (Å²) in [5.41, 5.74) is 0.549. The molecule has 2 aliphatic rings. The number of rotatable bonds is 6. The number of aliphatic hydroxyl groups excluding tert-OH is 1. The first-order valence-electron chi connectivity index (χ1n) is 9.84. The Morgan fingerprint density at radius 3 is 2.18 bits per heavy atom. The molecule has 0 aliphatic carbocycles. The third-order valence-electron chi connectivity index (χ3n) is 5.94. The minimum Gasteiger partial charge on any atom is -0.399 e. The number of aliphatic hydroxyl groups is 1. The van der Waals surface area contributed by atoms with Gasteiger partial charge in [0, 0.05) is 25.3 Å². The quantitative estimate of drug-likeness (QED) is 0.685. The molecule has 9 heteroatoms. The Morgan fingerprint density at radius 1 is 1.11 bits per heavy atom. The van der Waals surface area contributed by atoms with E-state index >= 15 is 0 Å². The molecule has 0 amide bonds. The minimum absolute atomic E-state index is 0.0298. The van der Waals surface area contributed by atoms with Crippen LogP contribution in [0.4, 0.5) is 5.69 Å². The monoisotopic (exact) mass is 410 g/mol. The zero-order chi connectivity index (χ0) is 20.6. The summed E-state index contributed by atoms with van der Waals surface area (Å²) in [6.45, 7) is 9.93. The Hall–Kier alpha value is -1.13. The van der Waals surface area contributed by atoms with Gasteiger partial charge in [0.2, 0.25) is 10.0 Å². The van der Waals surface area contributed by atoms with Crippen molar-refractivity contribution in [3.63, 3.8) is 0 Å². The zero-order valence-electron chi connectivity index (χ0n) is 17.1. The normalized spacial score (nSPS) is 23.1. The molecule has 2 fully saturated rings. The summed E-state index contributed by atoms with van der Waals surface area (Å²) in [4.78, 5) is 2.08. The van der Waals surface area contributed by atoms with Crippen LogP contribution >= 0.6 is 0 Å². The van der Waals surface area contributed by atoms with Gasteiger partial charge in [0.15, 0.2) is 0 Å². The molecule has 156 valence electrons. The van der Waals surface area contributed by atoms with E-state index in [9.17, 15) is 13.5 Å². The second-order valence-corrected chi connectivity index (χ2v) is 10.5. The Morgan fingerprint density at radius 2 is 1.64 bits per heavy atom. The molecular weight excluding hydrogens is 379 g/mol. The second kappa shape index (κ2) is 7.95. The number of likely N-dealkylation sites (tertiary alicyclic amines) is 1. The maximum absolute atomic E-state index is 12.4. The summed E-state index contributed by atoms with van der Waals surface area (Å²) >= 11 is 0. The minimum atomic E-state index is -3.43. The molecule has 28 heavy (non-hydrogen) atoms. The Balaban J connectivity index is 1.55. The molecule has 0 aromatic heterocycles. The molecule has 2 saturated heterocycles. The Bertz CT molecular complexity index is 758. The summed E-state index contributed by atoms with van der Waals surface area (Å²) in [6, 6.07) is 7.11. The lowest BCUT2D eigenvalue weighted by molar-refractivity contribution is 0.00578. The number of nitrogens with one attached hydrogen (secondary N) is 1. The molecule has 0 unspecified atom stereocenters. The van der Waals surface area contributed by atoms with E-state index in [-0.39, 0.29) is 11.9 Å². The van der Waals surface area contributed by atoms with Gasteiger partial charge in [-0.1, -0.05) is 12.1 Å². The van der Waals surface area contributed by atoms with E-state index in [1.54, 1.807) is 12.1 Å². The van der Waals surface area contributed by atoms with Crippen LogP contribution in [0.15, 0.2) is 24.3 Å². The highest BCUT2D eigenvalue weighted by molar-refractivity contribution is 7.92. The van der Waals surface area contributed by atoms with E-state index in [2.05, 4.69) is 9.62 Å². The summed E-state index contributed by atoms with van der Waals surface area (Å²) in [5.74, 6) is 0.0298. The van der Waals surface area contributed by atoms with Crippen molar-refractivity contribution in [3.05, 3.63) is 24.3 Å². The fourth-order valence-electron chi connectivity index (χ4n) is 3.31. The van der Waals surface area contributed by atoms with Gasteiger partial charge in [-0.3, -0.25) is 4.72 Å². The SMILES string of the molecule is CC1(C)OB(c2ccc(NS(=O)(=O)CCN3CCC(O)CC3)cc2)OC1(C)C. The van der Waals surface area contributed by atoms with Crippen molar-refractivity contribution in [2.75, 3.05) is 30.1 Å². The number of anilines is 1. The maximum Gasteiger partial charge on any atom is 0.494 e. The van der Waals surface area contributed by atoms with Crippen molar-refractivity contribution >= 4 is 28.3 Å². The van der Waals surface area contributed by atoms with Gasteiger partial charge in [0.1, 0.15) is 0 Å². The van der Waals surface area contributed by atoms with E-state index in [4.69, 9.17) is 9.31 Å². The highest BCUT2D eigenvalue weighted by atomic mass is 32.2. The zero-order valence-corrected chi connectivity index (χ0v) is 18.0. The van der Waals surface area contributed by atoms with Crippen molar-refractivity contribution in [2.24, 2.45) is 0 Å². The van der Waals surface area contributed by atoms with E-state index in [1.165, 1.54) is 0 Å². The van der Waals surface area contributed by atoms with Crippen LogP contribution in [-0.2, 0) is 19.3 Å². The van der Waals surface area contributed by atoms with Crippen molar-refractivity contribution < 1.29 is 22.8 Å². The van der Waals surface area contributed by atoms with Gasteiger partial charge < -0.3 is 19.3 Å². The molecule has 0 bridgehead atoms. The third kappa shape index (κ3) is 5.07. The smallest absolute Gasteiger partial charge is 0.399 e. The molecule has 0 saturated carbocycles. The van der Waals surface area contributed by atoms with Crippen molar-refractivity contribution in [3.8, 4) is 0 Å². The molecule has 0 atom stereocenters. The highest BCUT2D eigenvalue weighted by Crippen LogP contribution is 2.36. The highest BCUT2D eigenvalue weighted by Gasteiger charge is 2.51. The predicted octanol–water partition coefficient (Wildman–Crippen LogP) is 1.18. The molecule has 2 aliphatic heterocycles. The molecule has 3 rings (SSSR count). The largest absolute Gasteiger partial charge is 0.494 e. The first-order chi connectivity index (χ1) is 13.0. The lowest BCUT2D eigenvalue weighted by Crippen LogP contribution is -2.41. The maximum atomic E-state index is 12.4. The molecule has 2 heterocycles. The van der Waals surface area contributed by atoms with Crippen molar-refractivity contribution in [1.82, 2.24) is 4.90 Å². The van der Waals surface area contributed by atoms with Crippen LogP contribution in [0.25, 0.3) is 0 Å². The molecular formula is C19H31BN2O5S. The lowest BCUT2D eigenvalue weighted by atomic mass is 9.79. The number of nitrogens with zero attached hydrogens (tertiary/aromatic N) is 1.